The maximum Gasteiger partial charge on any atom is 0.329 e. The predicted molar refractivity (Wildman–Crippen MR) is 75.8 cm³/mol. The number of benzene rings is 1. The molecule has 0 saturated carbocycles. The first-order chi connectivity index (χ1) is 9.25. The molecule has 1 saturated heterocycles. The van der Waals surface area contributed by atoms with Crippen LogP contribution in [-0.4, -0.2) is 27.0 Å². The molecule has 0 radical (unpaired) electrons. The highest BCUT2D eigenvalue weighted by Gasteiger charge is 2.30. The number of carbonyl (C=O) groups excluding carboxylic acids is 1. The molecule has 1 unspecified atom stereocenters. The van der Waals surface area contributed by atoms with E-state index in [4.69, 9.17) is 0 Å². The topological polar surface area (TPSA) is 38.1 Å². The van der Waals surface area contributed by atoms with Crippen LogP contribution in [0.2, 0.25) is 0 Å². The Morgan fingerprint density at radius 3 is 3.05 bits per heavy atom. The van der Waals surface area contributed by atoms with Gasteiger partial charge in [0.2, 0.25) is 0 Å². The van der Waals surface area contributed by atoms with E-state index in [-0.39, 0.29) is 12.1 Å². The molecule has 3 rings (SSSR count). The molecule has 1 fully saturated rings. The van der Waals surface area contributed by atoms with Crippen molar-refractivity contribution in [1.82, 2.24) is 14.5 Å². The van der Waals surface area contributed by atoms with Crippen molar-refractivity contribution in [2.45, 2.75) is 18.9 Å². The Kier molecular flexibility index (Phi) is 3.38. The van der Waals surface area contributed by atoms with E-state index in [9.17, 15) is 4.79 Å². The number of aromatic nitrogens is 2. The first kappa shape index (κ1) is 12.4. The lowest BCUT2D eigenvalue weighted by atomic mass is 10.1. The smallest absolute Gasteiger partial charge is 0.317 e. The van der Waals surface area contributed by atoms with E-state index in [1.54, 1.807) is 18.7 Å². The maximum absolute atomic E-state index is 12.4. The number of nitrogens with zero attached hydrogens (tertiary/aromatic N) is 3. The summed E-state index contributed by atoms with van der Waals surface area (Å²) in [5.74, 6) is 0. The molecule has 0 spiro atoms. The number of hydrogen-bond acceptors (Lipinski definition) is 2. The summed E-state index contributed by atoms with van der Waals surface area (Å²) >= 11 is 3.49. The number of halogens is 1. The van der Waals surface area contributed by atoms with Gasteiger partial charge in [-0.15, -0.1) is 0 Å². The summed E-state index contributed by atoms with van der Waals surface area (Å²) in [6.45, 7) is 0.800. The minimum atomic E-state index is -0.0000227. The van der Waals surface area contributed by atoms with Crippen LogP contribution in [0.5, 0.6) is 0 Å². The van der Waals surface area contributed by atoms with Crippen molar-refractivity contribution in [2.75, 3.05) is 6.54 Å². The Labute approximate surface area is 120 Å². The first-order valence-corrected chi connectivity index (χ1v) is 7.09. The summed E-state index contributed by atoms with van der Waals surface area (Å²) in [5.41, 5.74) is 1.18. The van der Waals surface area contributed by atoms with E-state index in [0.717, 1.165) is 23.9 Å². The van der Waals surface area contributed by atoms with Crippen molar-refractivity contribution >= 4 is 22.0 Å². The second kappa shape index (κ2) is 5.17. The summed E-state index contributed by atoms with van der Waals surface area (Å²) in [4.78, 5) is 18.3. The molecule has 0 aliphatic carbocycles. The van der Waals surface area contributed by atoms with Gasteiger partial charge in [-0.2, -0.15) is 0 Å². The summed E-state index contributed by atoms with van der Waals surface area (Å²) < 4.78 is 2.59. The van der Waals surface area contributed by atoms with Gasteiger partial charge >= 0.3 is 6.03 Å². The highest BCUT2D eigenvalue weighted by atomic mass is 79.9. The lowest BCUT2D eigenvalue weighted by molar-refractivity contribution is 0.194. The van der Waals surface area contributed by atoms with Crippen molar-refractivity contribution in [1.29, 1.82) is 0 Å². The van der Waals surface area contributed by atoms with Crippen molar-refractivity contribution in [3.05, 3.63) is 53.0 Å². The molecule has 4 nitrogen and oxygen atoms in total. The highest BCUT2D eigenvalue weighted by Crippen LogP contribution is 2.33. The molecule has 1 aliphatic heterocycles. The van der Waals surface area contributed by atoms with Gasteiger partial charge in [-0.1, -0.05) is 28.1 Å². The highest BCUT2D eigenvalue weighted by molar-refractivity contribution is 9.10. The molecule has 98 valence electrons. The Balaban J connectivity index is 1.88. The van der Waals surface area contributed by atoms with E-state index in [0.29, 0.717) is 0 Å². The van der Waals surface area contributed by atoms with Crippen molar-refractivity contribution < 1.29 is 4.79 Å². The van der Waals surface area contributed by atoms with E-state index in [2.05, 4.69) is 33.0 Å². The summed E-state index contributed by atoms with van der Waals surface area (Å²) in [6, 6.07) is 8.34. The molecule has 2 heterocycles. The van der Waals surface area contributed by atoms with Gasteiger partial charge in [-0.25, -0.2) is 9.78 Å². The minimum absolute atomic E-state index is 0.0000227. The quantitative estimate of drug-likeness (QED) is 0.807. The van der Waals surface area contributed by atoms with Crippen LogP contribution in [-0.2, 0) is 0 Å². The van der Waals surface area contributed by atoms with Crippen LogP contribution in [0.3, 0.4) is 0 Å². The average Bonchev–Trinajstić information content (AvgIpc) is 3.09. The molecular weight excluding hydrogens is 306 g/mol. The van der Waals surface area contributed by atoms with Gasteiger partial charge < -0.3 is 4.90 Å². The first-order valence-electron chi connectivity index (χ1n) is 6.30. The zero-order chi connectivity index (χ0) is 13.2. The van der Waals surface area contributed by atoms with Crippen LogP contribution < -0.4 is 0 Å². The summed E-state index contributed by atoms with van der Waals surface area (Å²) in [7, 11) is 0. The molecule has 5 heteroatoms. The Hall–Kier alpha value is -1.62. The largest absolute Gasteiger partial charge is 0.329 e. The van der Waals surface area contributed by atoms with Gasteiger partial charge in [-0.05, 0) is 30.5 Å². The number of imidazole rings is 1. The van der Waals surface area contributed by atoms with Gasteiger partial charge in [0.05, 0.1) is 6.04 Å². The molecular formula is C14H14BrN3O. The Bertz CT molecular complexity index is 582. The number of hydrogen-bond donors (Lipinski definition) is 0. The maximum atomic E-state index is 12.4. The molecule has 1 amide bonds. The van der Waals surface area contributed by atoms with Gasteiger partial charge in [0, 0.05) is 23.4 Å². The fraction of sp³-hybridized carbons (Fsp3) is 0.286. The van der Waals surface area contributed by atoms with Crippen LogP contribution in [0, 0.1) is 0 Å². The van der Waals surface area contributed by atoms with E-state index >= 15 is 0 Å². The van der Waals surface area contributed by atoms with Crippen LogP contribution in [0.4, 0.5) is 4.79 Å². The second-order valence-electron chi connectivity index (χ2n) is 4.66. The lowest BCUT2D eigenvalue weighted by Crippen LogP contribution is -2.33. The molecule has 2 aromatic rings. The Morgan fingerprint density at radius 1 is 1.42 bits per heavy atom. The van der Waals surface area contributed by atoms with Crippen LogP contribution >= 0.6 is 15.9 Å². The monoisotopic (exact) mass is 319 g/mol. The van der Waals surface area contributed by atoms with E-state index < -0.39 is 0 Å². The van der Waals surface area contributed by atoms with Gasteiger partial charge in [0.15, 0.2) is 0 Å². The summed E-state index contributed by atoms with van der Waals surface area (Å²) in [5, 5.41) is 0. The molecule has 0 N–H and O–H groups in total. The number of likely N-dealkylation sites (tertiary alicyclic amines) is 1. The fourth-order valence-corrected chi connectivity index (χ4v) is 2.99. The average molecular weight is 320 g/mol. The van der Waals surface area contributed by atoms with Gasteiger partial charge in [0.1, 0.15) is 6.33 Å². The van der Waals surface area contributed by atoms with Crippen molar-refractivity contribution in [2.24, 2.45) is 0 Å². The molecule has 1 aliphatic rings. The third kappa shape index (κ3) is 2.42. The third-order valence-corrected chi connectivity index (χ3v) is 3.95. The SMILES string of the molecule is O=C(N1CCCC1c1cccc(Br)c1)n1ccnc1. The second-order valence-corrected chi connectivity index (χ2v) is 5.57. The predicted octanol–water partition coefficient (Wildman–Crippen LogP) is 3.45. The third-order valence-electron chi connectivity index (χ3n) is 3.46. The van der Waals surface area contributed by atoms with Crippen molar-refractivity contribution in [3.63, 3.8) is 0 Å². The standard InChI is InChI=1S/C14H14BrN3O/c15-12-4-1-3-11(9-12)13-5-2-7-18(13)14(19)17-8-6-16-10-17/h1,3-4,6,8-10,13H,2,5,7H2. The van der Waals surface area contributed by atoms with E-state index in [1.165, 1.54) is 10.1 Å². The fourth-order valence-electron chi connectivity index (χ4n) is 2.58. The number of carbonyl (C=O) groups is 1. The van der Waals surface area contributed by atoms with Gasteiger partial charge in [0.25, 0.3) is 0 Å². The summed E-state index contributed by atoms with van der Waals surface area (Å²) in [6.07, 6.45) is 6.92. The zero-order valence-corrected chi connectivity index (χ0v) is 12.0. The van der Waals surface area contributed by atoms with Crippen LogP contribution in [0.15, 0.2) is 47.5 Å². The molecule has 0 bridgehead atoms. The van der Waals surface area contributed by atoms with Gasteiger partial charge in [-0.3, -0.25) is 4.57 Å². The van der Waals surface area contributed by atoms with Crippen LogP contribution in [0.1, 0.15) is 24.4 Å². The lowest BCUT2D eigenvalue weighted by Gasteiger charge is -2.25. The molecule has 1 aromatic carbocycles. The minimum Gasteiger partial charge on any atom is -0.317 e. The van der Waals surface area contributed by atoms with Crippen molar-refractivity contribution in [3.8, 4) is 0 Å². The normalized spacial score (nSPS) is 18.8. The molecule has 1 aromatic heterocycles. The Morgan fingerprint density at radius 2 is 2.32 bits per heavy atom. The number of rotatable bonds is 1. The molecule has 1 atom stereocenters. The molecule has 19 heavy (non-hydrogen) atoms. The zero-order valence-electron chi connectivity index (χ0n) is 10.4. The van der Waals surface area contributed by atoms with E-state index in [1.807, 2.05) is 17.0 Å². The van der Waals surface area contributed by atoms with Crippen LogP contribution in [0.25, 0.3) is 0 Å². The number of amides is 1.